The van der Waals surface area contributed by atoms with Crippen molar-refractivity contribution in [2.24, 2.45) is 5.73 Å². The molecular weight excluding hydrogens is 436 g/mol. The van der Waals surface area contributed by atoms with Crippen molar-refractivity contribution in [1.29, 1.82) is 5.41 Å². The first kappa shape index (κ1) is 24.6. The Morgan fingerprint density at radius 3 is 1.33 bits per heavy atom. The van der Waals surface area contributed by atoms with Gasteiger partial charge in [-0.3, -0.25) is 0 Å². The van der Waals surface area contributed by atoms with Gasteiger partial charge in [0.05, 0.1) is 5.71 Å². The Labute approximate surface area is 213 Å². The Kier molecular flexibility index (Phi) is 8.37. The van der Waals surface area contributed by atoms with E-state index in [2.05, 4.69) is 84.6 Å². The summed E-state index contributed by atoms with van der Waals surface area (Å²) < 4.78 is 0. The molecule has 0 saturated carbocycles. The summed E-state index contributed by atoms with van der Waals surface area (Å²) in [5.41, 5.74) is 14.1. The van der Waals surface area contributed by atoms with Gasteiger partial charge >= 0.3 is 0 Å². The number of hydrogen-bond donors (Lipinski definition) is 2. The molecule has 2 nitrogen and oxygen atoms in total. The van der Waals surface area contributed by atoms with Crippen LogP contribution in [0.15, 0.2) is 140 Å². The zero-order valence-electron chi connectivity index (χ0n) is 20.4. The molecule has 0 heterocycles. The van der Waals surface area contributed by atoms with E-state index in [1.807, 2.05) is 66.7 Å². The highest BCUT2D eigenvalue weighted by Gasteiger charge is 2.08. The average Bonchev–Trinajstić information content (AvgIpc) is 2.98. The van der Waals surface area contributed by atoms with Gasteiger partial charge in [-0.1, -0.05) is 121 Å². The van der Waals surface area contributed by atoms with Crippen LogP contribution in [-0.4, -0.2) is 12.8 Å². The average molecular weight is 467 g/mol. The molecule has 0 unspecified atom stereocenters. The van der Waals surface area contributed by atoms with Crippen molar-refractivity contribution >= 4 is 11.8 Å². The van der Waals surface area contributed by atoms with Crippen LogP contribution in [0.3, 0.4) is 0 Å². The van der Waals surface area contributed by atoms with Crippen LogP contribution in [0.25, 0.3) is 39.5 Å². The molecule has 0 saturated heterocycles. The Hall–Kier alpha value is -4.53. The summed E-state index contributed by atoms with van der Waals surface area (Å²) in [6.45, 7) is 0. The largest absolute Gasteiger partial charge is 0.333 e. The normalized spacial score (nSPS) is 10.5. The fourth-order valence-corrected chi connectivity index (χ4v) is 4.07. The maximum Gasteiger partial charge on any atom is 0.0612 e. The molecule has 0 aliphatic rings. The van der Waals surface area contributed by atoms with Gasteiger partial charge in [-0.25, -0.2) is 0 Å². The van der Waals surface area contributed by atoms with Gasteiger partial charge < -0.3 is 11.1 Å². The monoisotopic (exact) mass is 466 g/mol. The number of benzene rings is 5. The smallest absolute Gasteiger partial charge is 0.0612 e. The predicted octanol–water partition coefficient (Wildman–Crippen LogP) is 8.34. The lowest BCUT2D eigenvalue weighted by molar-refractivity contribution is 1.48. The highest BCUT2D eigenvalue weighted by molar-refractivity contribution is 6.08. The molecule has 5 rings (SSSR count). The second-order valence-electron chi connectivity index (χ2n) is 8.27. The first-order valence-corrected chi connectivity index (χ1v) is 12.0. The van der Waals surface area contributed by atoms with Gasteiger partial charge in [-0.2, -0.15) is 0 Å². The van der Waals surface area contributed by atoms with E-state index in [1.54, 1.807) is 0 Å². The van der Waals surface area contributed by atoms with E-state index in [4.69, 9.17) is 5.41 Å². The first-order chi connectivity index (χ1) is 17.8. The Morgan fingerprint density at radius 1 is 0.500 bits per heavy atom. The van der Waals surface area contributed by atoms with Crippen molar-refractivity contribution in [1.82, 2.24) is 0 Å². The van der Waals surface area contributed by atoms with Crippen LogP contribution in [0.1, 0.15) is 11.1 Å². The molecule has 0 spiro atoms. The van der Waals surface area contributed by atoms with E-state index in [0.717, 1.165) is 22.3 Å². The molecule has 0 aliphatic heterocycles. The molecule has 2 heteroatoms. The standard InChI is InChI=1S/C33H25N.CH5N/c34-33(21-16-25-10-4-1-5-11-25)29-19-17-28(18-20-29)32-23-30(26-12-6-2-7-13-26)22-31(24-32)27-14-8-3-9-15-27;1-2/h1-24,34H;2H2,1H3/b21-16-,34-33?;. The molecule has 0 atom stereocenters. The van der Waals surface area contributed by atoms with Gasteiger partial charge in [0.2, 0.25) is 0 Å². The molecule has 0 fully saturated rings. The summed E-state index contributed by atoms with van der Waals surface area (Å²) in [7, 11) is 1.50. The molecule has 3 N–H and O–H groups in total. The minimum atomic E-state index is 0.499. The zero-order valence-corrected chi connectivity index (χ0v) is 20.4. The lowest BCUT2D eigenvalue weighted by Crippen LogP contribution is -1.94. The third kappa shape index (κ3) is 6.12. The van der Waals surface area contributed by atoms with Crippen LogP contribution in [0.2, 0.25) is 0 Å². The fraction of sp³-hybridized carbons (Fsp3) is 0.0294. The van der Waals surface area contributed by atoms with Crippen molar-refractivity contribution in [2.75, 3.05) is 7.05 Å². The van der Waals surface area contributed by atoms with Crippen molar-refractivity contribution in [3.05, 3.63) is 151 Å². The van der Waals surface area contributed by atoms with Gasteiger partial charge in [0.1, 0.15) is 0 Å². The molecule has 176 valence electrons. The number of hydrogen-bond acceptors (Lipinski definition) is 2. The highest BCUT2D eigenvalue weighted by atomic mass is 14.4. The van der Waals surface area contributed by atoms with Crippen LogP contribution >= 0.6 is 0 Å². The van der Waals surface area contributed by atoms with Crippen LogP contribution in [0.5, 0.6) is 0 Å². The van der Waals surface area contributed by atoms with E-state index in [9.17, 15) is 0 Å². The fourth-order valence-electron chi connectivity index (χ4n) is 4.07. The number of nitrogens with one attached hydrogen (secondary N) is 1. The first-order valence-electron chi connectivity index (χ1n) is 12.0. The molecule has 0 radical (unpaired) electrons. The van der Waals surface area contributed by atoms with E-state index in [0.29, 0.717) is 5.71 Å². The van der Waals surface area contributed by atoms with E-state index >= 15 is 0 Å². The summed E-state index contributed by atoms with van der Waals surface area (Å²) in [5, 5.41) is 8.46. The molecule has 0 aliphatic carbocycles. The van der Waals surface area contributed by atoms with Crippen LogP contribution in [-0.2, 0) is 0 Å². The molecule has 5 aromatic rings. The maximum atomic E-state index is 8.46. The highest BCUT2D eigenvalue weighted by Crippen LogP contribution is 2.33. The predicted molar refractivity (Wildman–Crippen MR) is 155 cm³/mol. The van der Waals surface area contributed by atoms with Gasteiger partial charge in [0, 0.05) is 0 Å². The van der Waals surface area contributed by atoms with Gasteiger partial charge in [0.25, 0.3) is 0 Å². The van der Waals surface area contributed by atoms with Crippen LogP contribution < -0.4 is 5.73 Å². The molecule has 0 bridgehead atoms. The van der Waals surface area contributed by atoms with Crippen molar-refractivity contribution in [3.8, 4) is 33.4 Å². The molecule has 5 aromatic carbocycles. The minimum Gasteiger partial charge on any atom is -0.333 e. The summed E-state index contributed by atoms with van der Waals surface area (Å²) >= 11 is 0. The van der Waals surface area contributed by atoms with Gasteiger partial charge in [-0.15, -0.1) is 0 Å². The SMILES string of the molecule is CN.N=C(/C=C\c1ccccc1)c1ccc(-c2cc(-c3ccccc3)cc(-c3ccccc3)c2)cc1. The molecular formula is C34H30N2. The summed E-state index contributed by atoms with van der Waals surface area (Å²) in [4.78, 5) is 0. The van der Waals surface area contributed by atoms with Gasteiger partial charge in [-0.05, 0) is 75.8 Å². The Morgan fingerprint density at radius 2 is 0.889 bits per heavy atom. The van der Waals surface area contributed by atoms with Crippen molar-refractivity contribution in [3.63, 3.8) is 0 Å². The second kappa shape index (κ2) is 12.3. The maximum absolute atomic E-state index is 8.46. The van der Waals surface area contributed by atoms with E-state index in [-0.39, 0.29) is 0 Å². The lowest BCUT2D eigenvalue weighted by atomic mass is 9.93. The van der Waals surface area contributed by atoms with Crippen molar-refractivity contribution in [2.45, 2.75) is 0 Å². The number of nitrogens with two attached hydrogens (primary N) is 1. The topological polar surface area (TPSA) is 49.9 Å². The molecule has 36 heavy (non-hydrogen) atoms. The minimum absolute atomic E-state index is 0.499. The van der Waals surface area contributed by atoms with Crippen LogP contribution in [0.4, 0.5) is 0 Å². The van der Waals surface area contributed by atoms with Crippen LogP contribution in [0, 0.1) is 5.41 Å². The molecule has 0 aromatic heterocycles. The van der Waals surface area contributed by atoms with Gasteiger partial charge in [0.15, 0.2) is 0 Å². The van der Waals surface area contributed by atoms with E-state index in [1.165, 1.54) is 29.3 Å². The summed E-state index contributed by atoms with van der Waals surface area (Å²) in [5.74, 6) is 0. The van der Waals surface area contributed by atoms with E-state index < -0.39 is 0 Å². The third-order valence-corrected chi connectivity index (χ3v) is 5.92. The summed E-state index contributed by atoms with van der Waals surface area (Å²) in [6, 6.07) is 46.1. The zero-order chi connectivity index (χ0) is 25.2. The summed E-state index contributed by atoms with van der Waals surface area (Å²) in [6.07, 6.45) is 3.83. The number of allylic oxidation sites excluding steroid dienone is 1. The Bertz CT molecular complexity index is 1360. The van der Waals surface area contributed by atoms with Crippen molar-refractivity contribution < 1.29 is 0 Å². The number of rotatable bonds is 6. The Balaban J connectivity index is 0.00000148. The second-order valence-corrected chi connectivity index (χ2v) is 8.27. The third-order valence-electron chi connectivity index (χ3n) is 5.92. The quantitative estimate of drug-likeness (QED) is 0.243. The lowest BCUT2D eigenvalue weighted by Gasteiger charge is -2.12. The molecule has 0 amide bonds.